The SMILES string of the molecule is Cc1ccc(N)c(NC(=O)C2(C)CCCCC2)c1. The molecule has 1 fully saturated rings. The summed E-state index contributed by atoms with van der Waals surface area (Å²) in [7, 11) is 0. The summed E-state index contributed by atoms with van der Waals surface area (Å²) in [5.41, 5.74) is 8.15. The molecule has 18 heavy (non-hydrogen) atoms. The van der Waals surface area contributed by atoms with Gasteiger partial charge >= 0.3 is 0 Å². The second-order valence-electron chi connectivity index (χ2n) is 5.67. The van der Waals surface area contributed by atoms with Gasteiger partial charge in [0.05, 0.1) is 11.4 Å². The first-order chi connectivity index (χ1) is 8.51. The average molecular weight is 246 g/mol. The van der Waals surface area contributed by atoms with E-state index in [-0.39, 0.29) is 11.3 Å². The lowest BCUT2D eigenvalue weighted by atomic mass is 9.75. The number of carbonyl (C=O) groups is 1. The number of aryl methyl sites for hydroxylation is 1. The topological polar surface area (TPSA) is 55.1 Å². The zero-order chi connectivity index (χ0) is 13.2. The van der Waals surface area contributed by atoms with Crippen LogP contribution in [0.15, 0.2) is 18.2 Å². The summed E-state index contributed by atoms with van der Waals surface area (Å²) in [6, 6.07) is 5.72. The normalized spacial score (nSPS) is 18.3. The van der Waals surface area contributed by atoms with Crippen molar-refractivity contribution in [3.63, 3.8) is 0 Å². The standard InChI is InChI=1S/C15H22N2O/c1-11-6-7-12(16)13(10-11)17-14(18)15(2)8-4-3-5-9-15/h6-7,10H,3-5,8-9,16H2,1-2H3,(H,17,18). The summed E-state index contributed by atoms with van der Waals surface area (Å²) in [4.78, 5) is 12.4. The molecule has 1 aromatic carbocycles. The number of anilines is 2. The molecule has 0 aliphatic heterocycles. The van der Waals surface area contributed by atoms with Gasteiger partial charge in [-0.15, -0.1) is 0 Å². The van der Waals surface area contributed by atoms with Crippen LogP contribution in [0.4, 0.5) is 11.4 Å². The van der Waals surface area contributed by atoms with E-state index in [9.17, 15) is 4.79 Å². The molecule has 0 saturated heterocycles. The minimum Gasteiger partial charge on any atom is -0.397 e. The van der Waals surface area contributed by atoms with Gasteiger partial charge in [-0.05, 0) is 37.5 Å². The number of carbonyl (C=O) groups excluding carboxylic acids is 1. The highest BCUT2D eigenvalue weighted by molar-refractivity contribution is 5.97. The molecule has 1 aliphatic rings. The van der Waals surface area contributed by atoms with Crippen molar-refractivity contribution in [1.82, 2.24) is 0 Å². The van der Waals surface area contributed by atoms with E-state index in [1.807, 2.05) is 25.1 Å². The average Bonchev–Trinajstić information content (AvgIpc) is 2.35. The van der Waals surface area contributed by atoms with Crippen molar-refractivity contribution in [1.29, 1.82) is 0 Å². The van der Waals surface area contributed by atoms with E-state index in [1.165, 1.54) is 6.42 Å². The van der Waals surface area contributed by atoms with Gasteiger partial charge in [0, 0.05) is 5.41 Å². The van der Waals surface area contributed by atoms with Gasteiger partial charge in [0.2, 0.25) is 5.91 Å². The van der Waals surface area contributed by atoms with E-state index >= 15 is 0 Å². The van der Waals surface area contributed by atoms with E-state index in [0.29, 0.717) is 5.69 Å². The van der Waals surface area contributed by atoms with Crippen molar-refractivity contribution in [2.75, 3.05) is 11.1 Å². The van der Waals surface area contributed by atoms with Crippen LogP contribution in [0.3, 0.4) is 0 Å². The summed E-state index contributed by atoms with van der Waals surface area (Å²) in [6.45, 7) is 4.06. The Morgan fingerprint density at radius 2 is 1.94 bits per heavy atom. The van der Waals surface area contributed by atoms with Crippen LogP contribution in [0.5, 0.6) is 0 Å². The van der Waals surface area contributed by atoms with Crippen LogP contribution < -0.4 is 11.1 Å². The molecule has 0 bridgehead atoms. The fraction of sp³-hybridized carbons (Fsp3) is 0.533. The van der Waals surface area contributed by atoms with Crippen LogP contribution in [-0.2, 0) is 4.79 Å². The monoisotopic (exact) mass is 246 g/mol. The summed E-state index contributed by atoms with van der Waals surface area (Å²) in [5.74, 6) is 0.111. The maximum atomic E-state index is 12.4. The lowest BCUT2D eigenvalue weighted by Gasteiger charge is -2.32. The molecule has 3 nitrogen and oxygen atoms in total. The van der Waals surface area contributed by atoms with Crippen molar-refractivity contribution < 1.29 is 4.79 Å². The fourth-order valence-corrected chi connectivity index (χ4v) is 2.61. The summed E-state index contributed by atoms with van der Waals surface area (Å²) in [5, 5.41) is 3.00. The molecule has 2 rings (SSSR count). The van der Waals surface area contributed by atoms with Crippen molar-refractivity contribution >= 4 is 17.3 Å². The van der Waals surface area contributed by atoms with Crippen molar-refractivity contribution in [3.8, 4) is 0 Å². The van der Waals surface area contributed by atoms with Gasteiger partial charge in [-0.3, -0.25) is 4.79 Å². The van der Waals surface area contributed by atoms with E-state index < -0.39 is 0 Å². The van der Waals surface area contributed by atoms with E-state index in [2.05, 4.69) is 12.2 Å². The number of benzene rings is 1. The van der Waals surface area contributed by atoms with Gasteiger partial charge in [-0.25, -0.2) is 0 Å². The first-order valence-electron chi connectivity index (χ1n) is 6.69. The molecule has 0 aromatic heterocycles. The molecule has 1 aromatic rings. The molecule has 0 atom stereocenters. The smallest absolute Gasteiger partial charge is 0.230 e. The van der Waals surface area contributed by atoms with Crippen molar-refractivity contribution in [3.05, 3.63) is 23.8 Å². The van der Waals surface area contributed by atoms with Crippen molar-refractivity contribution in [2.45, 2.75) is 46.0 Å². The Labute approximate surface area is 109 Å². The van der Waals surface area contributed by atoms with Crippen LogP contribution in [0, 0.1) is 12.3 Å². The first-order valence-corrected chi connectivity index (χ1v) is 6.69. The number of rotatable bonds is 2. The van der Waals surface area contributed by atoms with E-state index in [4.69, 9.17) is 5.73 Å². The third-order valence-corrected chi connectivity index (χ3v) is 3.96. The number of nitrogens with one attached hydrogen (secondary N) is 1. The van der Waals surface area contributed by atoms with Gasteiger partial charge in [0.25, 0.3) is 0 Å². The molecular formula is C15H22N2O. The third kappa shape index (κ3) is 2.66. The highest BCUT2D eigenvalue weighted by Gasteiger charge is 2.34. The zero-order valence-corrected chi connectivity index (χ0v) is 11.3. The van der Waals surface area contributed by atoms with Crippen LogP contribution in [0.25, 0.3) is 0 Å². The second kappa shape index (κ2) is 5.01. The minimum absolute atomic E-state index is 0.111. The maximum Gasteiger partial charge on any atom is 0.230 e. The Hall–Kier alpha value is -1.51. The predicted molar refractivity (Wildman–Crippen MR) is 75.4 cm³/mol. The molecule has 1 aliphatic carbocycles. The molecule has 98 valence electrons. The number of hydrogen-bond donors (Lipinski definition) is 2. The van der Waals surface area contributed by atoms with Crippen molar-refractivity contribution in [2.24, 2.45) is 5.41 Å². The lowest BCUT2D eigenvalue weighted by Crippen LogP contribution is -2.35. The predicted octanol–water partition coefficient (Wildman–Crippen LogP) is 3.49. The maximum absolute atomic E-state index is 12.4. The van der Waals surface area contributed by atoms with Crippen LogP contribution in [-0.4, -0.2) is 5.91 Å². The third-order valence-electron chi connectivity index (χ3n) is 3.96. The quantitative estimate of drug-likeness (QED) is 0.785. The van der Waals surface area contributed by atoms with Gasteiger partial charge < -0.3 is 11.1 Å². The molecule has 0 unspecified atom stereocenters. The Morgan fingerprint density at radius 1 is 1.28 bits per heavy atom. The molecule has 0 spiro atoms. The first kappa shape index (κ1) is 12.9. The molecule has 0 radical (unpaired) electrons. The summed E-state index contributed by atoms with van der Waals surface area (Å²) < 4.78 is 0. The van der Waals surface area contributed by atoms with Crippen LogP contribution in [0.1, 0.15) is 44.6 Å². The number of hydrogen-bond acceptors (Lipinski definition) is 2. The number of amides is 1. The molecule has 3 N–H and O–H groups in total. The Kier molecular flexibility index (Phi) is 3.60. The lowest BCUT2D eigenvalue weighted by molar-refractivity contribution is -0.126. The highest BCUT2D eigenvalue weighted by Crippen LogP contribution is 2.37. The fourth-order valence-electron chi connectivity index (χ4n) is 2.61. The van der Waals surface area contributed by atoms with Gasteiger partial charge in [-0.1, -0.05) is 32.3 Å². The molecule has 3 heteroatoms. The van der Waals surface area contributed by atoms with E-state index in [0.717, 1.165) is 36.9 Å². The van der Waals surface area contributed by atoms with Crippen LogP contribution in [0.2, 0.25) is 0 Å². The Morgan fingerprint density at radius 3 is 2.61 bits per heavy atom. The highest BCUT2D eigenvalue weighted by atomic mass is 16.2. The van der Waals surface area contributed by atoms with E-state index in [1.54, 1.807) is 0 Å². The summed E-state index contributed by atoms with van der Waals surface area (Å²) >= 11 is 0. The number of nitrogen functional groups attached to an aromatic ring is 1. The molecular weight excluding hydrogens is 224 g/mol. The largest absolute Gasteiger partial charge is 0.397 e. The molecule has 0 heterocycles. The van der Waals surface area contributed by atoms with Crippen LogP contribution >= 0.6 is 0 Å². The number of nitrogens with two attached hydrogens (primary N) is 1. The Bertz CT molecular complexity index is 448. The Balaban J connectivity index is 2.13. The minimum atomic E-state index is -0.228. The van der Waals surface area contributed by atoms with Gasteiger partial charge in [0.1, 0.15) is 0 Å². The molecule has 1 amide bonds. The van der Waals surface area contributed by atoms with Gasteiger partial charge in [-0.2, -0.15) is 0 Å². The summed E-state index contributed by atoms with van der Waals surface area (Å²) in [6.07, 6.45) is 5.49. The zero-order valence-electron chi connectivity index (χ0n) is 11.3. The molecule has 1 saturated carbocycles. The second-order valence-corrected chi connectivity index (χ2v) is 5.67. The van der Waals surface area contributed by atoms with Gasteiger partial charge in [0.15, 0.2) is 0 Å².